The van der Waals surface area contributed by atoms with Crippen LogP contribution in [0.5, 0.6) is 0 Å². The third-order valence-electron chi connectivity index (χ3n) is 10.3. The third-order valence-corrected chi connectivity index (χ3v) is 10.3. The van der Waals surface area contributed by atoms with Crippen molar-refractivity contribution in [3.63, 3.8) is 0 Å². The Labute approximate surface area is 191 Å². The molecule has 0 aromatic rings. The number of hydrogen-bond donors (Lipinski definition) is 1. The normalized spacial score (nSPS) is 49.9. The van der Waals surface area contributed by atoms with Crippen LogP contribution in [0.15, 0.2) is 0 Å². The van der Waals surface area contributed by atoms with Gasteiger partial charge in [0.05, 0.1) is 0 Å². The molecular formula is C26H40O6. The van der Waals surface area contributed by atoms with E-state index < -0.39 is 11.0 Å². The Bertz CT molecular complexity index is 808. The van der Waals surface area contributed by atoms with Crippen molar-refractivity contribution in [1.82, 2.24) is 0 Å². The van der Waals surface area contributed by atoms with E-state index in [1.807, 2.05) is 6.92 Å². The first-order valence-electron chi connectivity index (χ1n) is 12.4. The van der Waals surface area contributed by atoms with Gasteiger partial charge < -0.3 is 14.6 Å². The van der Waals surface area contributed by atoms with Crippen molar-refractivity contribution >= 4 is 17.7 Å². The molecule has 0 aromatic heterocycles. The Hall–Kier alpha value is -1.43. The second-order valence-corrected chi connectivity index (χ2v) is 11.8. The predicted octanol–water partition coefficient (Wildman–Crippen LogP) is 4.07. The van der Waals surface area contributed by atoms with Crippen LogP contribution in [0.4, 0.5) is 0 Å². The first-order valence-corrected chi connectivity index (χ1v) is 12.4. The highest BCUT2D eigenvalue weighted by Gasteiger charge is 2.71. The Kier molecular flexibility index (Phi) is 5.79. The van der Waals surface area contributed by atoms with E-state index in [1.165, 1.54) is 20.8 Å². The van der Waals surface area contributed by atoms with Crippen LogP contribution in [-0.2, 0) is 23.9 Å². The summed E-state index contributed by atoms with van der Waals surface area (Å²) in [7, 11) is 0. The highest BCUT2D eigenvalue weighted by molar-refractivity contribution is 5.86. The van der Waals surface area contributed by atoms with E-state index in [4.69, 9.17) is 9.47 Å². The molecular weight excluding hydrogens is 408 g/mol. The number of hydrogen-bond acceptors (Lipinski definition) is 6. The highest BCUT2D eigenvalue weighted by Crippen LogP contribution is 2.69. The fraction of sp³-hybridized carbons (Fsp3) is 0.885. The predicted molar refractivity (Wildman–Crippen MR) is 118 cm³/mol. The molecule has 0 bridgehead atoms. The van der Waals surface area contributed by atoms with Gasteiger partial charge in [-0.05, 0) is 81.0 Å². The molecule has 32 heavy (non-hydrogen) atoms. The number of aliphatic hydroxyl groups is 1. The molecule has 1 N–H and O–H groups in total. The average molecular weight is 449 g/mol. The zero-order chi connectivity index (χ0) is 23.6. The summed E-state index contributed by atoms with van der Waals surface area (Å²) in [6.45, 7) is 10.8. The fourth-order valence-electron chi connectivity index (χ4n) is 9.06. The molecule has 6 nitrogen and oxygen atoms in total. The summed E-state index contributed by atoms with van der Waals surface area (Å²) in [4.78, 5) is 36.4. The minimum atomic E-state index is -1.38. The van der Waals surface area contributed by atoms with E-state index in [0.717, 1.165) is 38.5 Å². The average Bonchev–Trinajstić information content (AvgIpc) is 2.88. The summed E-state index contributed by atoms with van der Waals surface area (Å²) < 4.78 is 11.6. The van der Waals surface area contributed by atoms with E-state index in [9.17, 15) is 19.5 Å². The lowest BCUT2D eigenvalue weighted by Crippen LogP contribution is -2.64. The molecule has 4 aliphatic carbocycles. The summed E-state index contributed by atoms with van der Waals surface area (Å²) in [6.07, 6.45) is 5.68. The van der Waals surface area contributed by atoms with Gasteiger partial charge in [0.25, 0.3) is 0 Å². The molecule has 0 amide bonds. The van der Waals surface area contributed by atoms with Gasteiger partial charge in [-0.3, -0.25) is 14.4 Å². The molecule has 0 unspecified atom stereocenters. The van der Waals surface area contributed by atoms with Gasteiger partial charge in [0, 0.05) is 25.2 Å². The van der Waals surface area contributed by atoms with Crippen LogP contribution in [0.25, 0.3) is 0 Å². The van der Waals surface area contributed by atoms with E-state index in [2.05, 4.69) is 13.8 Å². The summed E-state index contributed by atoms with van der Waals surface area (Å²) >= 11 is 0. The van der Waals surface area contributed by atoms with Crippen LogP contribution < -0.4 is 0 Å². The van der Waals surface area contributed by atoms with Gasteiger partial charge in [-0.1, -0.05) is 20.8 Å². The molecule has 0 heterocycles. The van der Waals surface area contributed by atoms with Gasteiger partial charge in [-0.25, -0.2) is 0 Å². The zero-order valence-corrected chi connectivity index (χ0v) is 20.5. The number of ketones is 1. The molecule has 4 rings (SSSR count). The smallest absolute Gasteiger partial charge is 0.302 e. The standard InChI is InChI=1S/C26H40O6/c1-14-11-21-20-8-7-18-12-19(31-16(3)28)9-10-24(18,5)23(20)22(32-17(4)29)13-25(21,6)26(14,30)15(2)27/h14,18-23,30H,7-13H2,1-6H3/t14-,18+,19+,20+,21+,22-,23-,24+,25+,26+/m1/s1. The lowest BCUT2D eigenvalue weighted by Gasteiger charge is -2.63. The largest absolute Gasteiger partial charge is 0.463 e. The maximum Gasteiger partial charge on any atom is 0.302 e. The van der Waals surface area contributed by atoms with Crippen molar-refractivity contribution in [3.8, 4) is 0 Å². The minimum Gasteiger partial charge on any atom is -0.463 e. The number of carbonyl (C=O) groups is 3. The van der Waals surface area contributed by atoms with Crippen LogP contribution >= 0.6 is 0 Å². The lowest BCUT2D eigenvalue weighted by atomic mass is 9.43. The first-order chi connectivity index (χ1) is 14.8. The Morgan fingerprint density at radius 1 is 0.938 bits per heavy atom. The van der Waals surface area contributed by atoms with Crippen molar-refractivity contribution in [3.05, 3.63) is 0 Å². The van der Waals surface area contributed by atoms with Crippen LogP contribution in [0, 0.1) is 40.4 Å². The lowest BCUT2D eigenvalue weighted by molar-refractivity contribution is -0.215. The van der Waals surface area contributed by atoms with Crippen molar-refractivity contribution in [2.45, 2.75) is 104 Å². The van der Waals surface area contributed by atoms with E-state index in [-0.39, 0.29) is 53.1 Å². The molecule has 180 valence electrons. The van der Waals surface area contributed by atoms with Gasteiger partial charge in [0.2, 0.25) is 0 Å². The maximum atomic E-state index is 12.7. The SMILES string of the molecule is CC(=O)O[C@H]1CC[C@@]2(C)[C@@H](CC[C@@H]3[C@@H]2[C@H](OC(C)=O)C[C@@]2(C)[C@H]3C[C@@H](C)[C@]2(O)C(C)=O)C1. The van der Waals surface area contributed by atoms with E-state index in [1.54, 1.807) is 0 Å². The monoisotopic (exact) mass is 448 g/mol. The highest BCUT2D eigenvalue weighted by atomic mass is 16.5. The van der Waals surface area contributed by atoms with Crippen molar-refractivity contribution in [2.24, 2.45) is 40.4 Å². The van der Waals surface area contributed by atoms with Crippen LogP contribution in [0.2, 0.25) is 0 Å². The number of Topliss-reactive ketones (excluding diaryl/α,β-unsaturated/α-hetero) is 1. The van der Waals surface area contributed by atoms with Gasteiger partial charge in [0.15, 0.2) is 5.78 Å². The second-order valence-electron chi connectivity index (χ2n) is 11.8. The molecule has 6 heteroatoms. The van der Waals surface area contributed by atoms with Crippen LogP contribution in [0.3, 0.4) is 0 Å². The van der Waals surface area contributed by atoms with Gasteiger partial charge in [-0.2, -0.15) is 0 Å². The number of rotatable bonds is 3. The van der Waals surface area contributed by atoms with Gasteiger partial charge >= 0.3 is 11.9 Å². The van der Waals surface area contributed by atoms with Crippen molar-refractivity contribution in [2.75, 3.05) is 0 Å². The number of esters is 2. The fourth-order valence-corrected chi connectivity index (χ4v) is 9.06. The van der Waals surface area contributed by atoms with Crippen LogP contribution in [0.1, 0.15) is 86.5 Å². The maximum absolute atomic E-state index is 12.7. The van der Waals surface area contributed by atoms with Gasteiger partial charge in [0.1, 0.15) is 17.8 Å². The Morgan fingerprint density at radius 3 is 2.19 bits per heavy atom. The quantitative estimate of drug-likeness (QED) is 0.655. The summed E-state index contributed by atoms with van der Waals surface area (Å²) in [5, 5.41) is 11.7. The second kappa shape index (κ2) is 7.82. The number of carbonyl (C=O) groups excluding carboxylic acids is 3. The summed E-state index contributed by atoms with van der Waals surface area (Å²) in [5.41, 5.74) is -2.00. The van der Waals surface area contributed by atoms with E-state index >= 15 is 0 Å². The molecule has 4 fully saturated rings. The molecule has 4 aliphatic rings. The molecule has 10 atom stereocenters. The molecule has 0 saturated heterocycles. The molecule has 0 radical (unpaired) electrons. The summed E-state index contributed by atoms with van der Waals surface area (Å²) in [6, 6.07) is 0. The third kappa shape index (κ3) is 3.26. The number of fused-ring (bicyclic) bond motifs is 5. The minimum absolute atomic E-state index is 0.0127. The van der Waals surface area contributed by atoms with Crippen molar-refractivity contribution < 1.29 is 29.0 Å². The Morgan fingerprint density at radius 2 is 1.59 bits per heavy atom. The topological polar surface area (TPSA) is 89.9 Å². The molecule has 4 saturated carbocycles. The van der Waals surface area contributed by atoms with Gasteiger partial charge in [-0.15, -0.1) is 0 Å². The van der Waals surface area contributed by atoms with Crippen LogP contribution in [-0.4, -0.2) is 40.6 Å². The number of ether oxygens (including phenoxy) is 2. The molecule has 0 aromatic carbocycles. The molecule has 0 aliphatic heterocycles. The van der Waals surface area contributed by atoms with E-state index in [0.29, 0.717) is 18.3 Å². The first kappa shape index (κ1) is 23.7. The van der Waals surface area contributed by atoms with Crippen molar-refractivity contribution in [1.29, 1.82) is 0 Å². The Balaban J connectivity index is 1.71. The summed E-state index contributed by atoms with van der Waals surface area (Å²) in [5.74, 6) is 0.341. The molecule has 0 spiro atoms. The zero-order valence-electron chi connectivity index (χ0n) is 20.5.